The Labute approximate surface area is 141 Å². The van der Waals surface area contributed by atoms with Gasteiger partial charge < -0.3 is 15.1 Å². The van der Waals surface area contributed by atoms with Gasteiger partial charge in [0.1, 0.15) is 0 Å². The van der Waals surface area contributed by atoms with Crippen LogP contribution in [-0.4, -0.2) is 60.9 Å². The molecule has 0 spiro atoms. The van der Waals surface area contributed by atoms with Crippen molar-refractivity contribution in [3.63, 3.8) is 0 Å². The third-order valence-electron chi connectivity index (χ3n) is 3.81. The van der Waals surface area contributed by atoms with Gasteiger partial charge >= 0.3 is 0 Å². The maximum absolute atomic E-state index is 12.1. The number of rotatable bonds is 8. The topological polar surface area (TPSA) is 52.7 Å². The van der Waals surface area contributed by atoms with Crippen LogP contribution in [0.1, 0.15) is 52.4 Å². The molecule has 1 aliphatic rings. The van der Waals surface area contributed by atoms with Gasteiger partial charge in [0.05, 0.1) is 0 Å². The number of amides is 2. The van der Waals surface area contributed by atoms with E-state index in [-0.39, 0.29) is 24.2 Å². The van der Waals surface area contributed by atoms with Crippen LogP contribution in [0.2, 0.25) is 0 Å². The van der Waals surface area contributed by atoms with E-state index < -0.39 is 0 Å². The molecule has 2 amide bonds. The Morgan fingerprint density at radius 2 is 1.73 bits per heavy atom. The van der Waals surface area contributed by atoms with Crippen LogP contribution < -0.4 is 5.32 Å². The molecule has 0 atom stereocenters. The zero-order valence-electron chi connectivity index (χ0n) is 14.1. The van der Waals surface area contributed by atoms with E-state index in [4.69, 9.17) is 0 Å². The predicted molar refractivity (Wildman–Crippen MR) is 92.3 cm³/mol. The lowest BCUT2D eigenvalue weighted by Crippen LogP contribution is -2.35. The van der Waals surface area contributed by atoms with E-state index in [1.54, 1.807) is 0 Å². The summed E-state index contributed by atoms with van der Waals surface area (Å²) in [6.07, 6.45) is 4.67. The minimum atomic E-state index is 0. The van der Waals surface area contributed by atoms with Crippen LogP contribution in [0.15, 0.2) is 0 Å². The second-order valence-corrected chi connectivity index (χ2v) is 5.72. The molecule has 1 saturated heterocycles. The molecule has 5 nitrogen and oxygen atoms in total. The summed E-state index contributed by atoms with van der Waals surface area (Å²) in [5, 5.41) is 3.29. The first-order chi connectivity index (χ1) is 10.2. The van der Waals surface area contributed by atoms with Crippen molar-refractivity contribution in [1.29, 1.82) is 0 Å². The van der Waals surface area contributed by atoms with Crippen molar-refractivity contribution in [2.75, 3.05) is 39.3 Å². The molecule has 22 heavy (non-hydrogen) atoms. The monoisotopic (exact) mass is 333 g/mol. The summed E-state index contributed by atoms with van der Waals surface area (Å²) < 4.78 is 0. The van der Waals surface area contributed by atoms with E-state index in [9.17, 15) is 9.59 Å². The first kappa shape index (κ1) is 21.2. The smallest absolute Gasteiger partial charge is 0.222 e. The van der Waals surface area contributed by atoms with Crippen molar-refractivity contribution < 1.29 is 9.59 Å². The Morgan fingerprint density at radius 1 is 1.05 bits per heavy atom. The summed E-state index contributed by atoms with van der Waals surface area (Å²) in [6, 6.07) is 0. The SMILES string of the molecule is CCCN(CCC)C(=O)CCCC(=O)N1CCCNCC1.Cl. The van der Waals surface area contributed by atoms with Crippen LogP contribution in [0.4, 0.5) is 0 Å². The van der Waals surface area contributed by atoms with Gasteiger partial charge in [0.25, 0.3) is 0 Å². The van der Waals surface area contributed by atoms with Crippen LogP contribution in [0.5, 0.6) is 0 Å². The van der Waals surface area contributed by atoms with Crippen LogP contribution >= 0.6 is 12.4 Å². The standard InChI is InChI=1S/C16H31N3O2.ClH/c1-3-11-18(12-4-2)15(20)7-5-8-16(21)19-13-6-9-17-10-14-19;/h17H,3-14H2,1-2H3;1H. The van der Waals surface area contributed by atoms with Crippen LogP contribution in [-0.2, 0) is 9.59 Å². The molecule has 0 unspecified atom stereocenters. The third-order valence-corrected chi connectivity index (χ3v) is 3.81. The molecule has 1 heterocycles. The molecule has 1 fully saturated rings. The molecule has 0 aromatic carbocycles. The Morgan fingerprint density at radius 3 is 2.36 bits per heavy atom. The molecular weight excluding hydrogens is 302 g/mol. The molecule has 130 valence electrons. The Hall–Kier alpha value is -0.810. The fourth-order valence-corrected chi connectivity index (χ4v) is 2.70. The van der Waals surface area contributed by atoms with Crippen LogP contribution in [0, 0.1) is 0 Å². The maximum atomic E-state index is 12.1. The maximum Gasteiger partial charge on any atom is 0.222 e. The second kappa shape index (κ2) is 12.7. The largest absolute Gasteiger partial charge is 0.343 e. The summed E-state index contributed by atoms with van der Waals surface area (Å²) in [5.74, 6) is 0.396. The van der Waals surface area contributed by atoms with Gasteiger partial charge in [-0.1, -0.05) is 13.8 Å². The molecule has 1 aliphatic heterocycles. The molecule has 0 radical (unpaired) electrons. The van der Waals surface area contributed by atoms with Crippen molar-refractivity contribution in [2.45, 2.75) is 52.4 Å². The second-order valence-electron chi connectivity index (χ2n) is 5.72. The zero-order valence-corrected chi connectivity index (χ0v) is 14.9. The fourth-order valence-electron chi connectivity index (χ4n) is 2.70. The van der Waals surface area contributed by atoms with E-state index in [2.05, 4.69) is 19.2 Å². The lowest BCUT2D eigenvalue weighted by atomic mass is 10.2. The minimum Gasteiger partial charge on any atom is -0.343 e. The first-order valence-electron chi connectivity index (χ1n) is 8.45. The Bertz CT molecular complexity index is 299. The van der Waals surface area contributed by atoms with Crippen molar-refractivity contribution >= 4 is 24.2 Å². The van der Waals surface area contributed by atoms with Gasteiger partial charge in [0.2, 0.25) is 11.8 Å². The Kier molecular flexibility index (Phi) is 12.2. The predicted octanol–water partition coefficient (Wildman–Crippen LogP) is 2.05. The van der Waals surface area contributed by atoms with E-state index in [0.717, 1.165) is 58.5 Å². The van der Waals surface area contributed by atoms with Gasteiger partial charge in [-0.2, -0.15) is 0 Å². The van der Waals surface area contributed by atoms with Gasteiger partial charge in [-0.15, -0.1) is 12.4 Å². The lowest BCUT2D eigenvalue weighted by Gasteiger charge is -2.22. The number of halogens is 1. The highest BCUT2D eigenvalue weighted by atomic mass is 35.5. The molecule has 0 aromatic heterocycles. The molecule has 0 aliphatic carbocycles. The number of carbonyl (C=O) groups is 2. The minimum absolute atomic E-state index is 0. The number of carbonyl (C=O) groups excluding carboxylic acids is 2. The molecular formula is C16H32ClN3O2. The van der Waals surface area contributed by atoms with Crippen molar-refractivity contribution in [3.05, 3.63) is 0 Å². The van der Waals surface area contributed by atoms with Crippen molar-refractivity contribution in [3.8, 4) is 0 Å². The molecule has 1 N–H and O–H groups in total. The van der Waals surface area contributed by atoms with Crippen LogP contribution in [0.25, 0.3) is 0 Å². The average Bonchev–Trinajstić information content (AvgIpc) is 2.76. The molecule has 0 bridgehead atoms. The summed E-state index contributed by atoms with van der Waals surface area (Å²) in [4.78, 5) is 28.1. The quantitative estimate of drug-likeness (QED) is 0.739. The Balaban J connectivity index is 0.00000441. The number of hydrogen-bond acceptors (Lipinski definition) is 3. The summed E-state index contributed by atoms with van der Waals surface area (Å²) >= 11 is 0. The molecule has 6 heteroatoms. The number of nitrogens with zero attached hydrogens (tertiary/aromatic N) is 2. The highest BCUT2D eigenvalue weighted by molar-refractivity contribution is 5.85. The van der Waals surface area contributed by atoms with Gasteiger partial charge in [0.15, 0.2) is 0 Å². The molecule has 1 rings (SSSR count). The molecule has 0 saturated carbocycles. The van der Waals surface area contributed by atoms with Crippen LogP contribution in [0.3, 0.4) is 0 Å². The first-order valence-corrected chi connectivity index (χ1v) is 8.45. The summed E-state index contributed by atoms with van der Waals surface area (Å²) in [6.45, 7) is 9.36. The van der Waals surface area contributed by atoms with Gasteiger partial charge in [-0.25, -0.2) is 0 Å². The number of hydrogen-bond donors (Lipinski definition) is 1. The van der Waals surface area contributed by atoms with E-state index in [1.807, 2.05) is 9.80 Å². The van der Waals surface area contributed by atoms with Gasteiger partial charge in [-0.05, 0) is 32.2 Å². The zero-order chi connectivity index (χ0) is 15.5. The average molecular weight is 334 g/mol. The third kappa shape index (κ3) is 7.99. The normalized spacial score (nSPS) is 14.9. The van der Waals surface area contributed by atoms with Crippen molar-refractivity contribution in [2.24, 2.45) is 0 Å². The summed E-state index contributed by atoms with van der Waals surface area (Å²) in [7, 11) is 0. The highest BCUT2D eigenvalue weighted by Crippen LogP contribution is 2.07. The summed E-state index contributed by atoms with van der Waals surface area (Å²) in [5.41, 5.74) is 0. The highest BCUT2D eigenvalue weighted by Gasteiger charge is 2.16. The van der Waals surface area contributed by atoms with E-state index >= 15 is 0 Å². The van der Waals surface area contributed by atoms with Crippen molar-refractivity contribution in [1.82, 2.24) is 15.1 Å². The van der Waals surface area contributed by atoms with E-state index in [0.29, 0.717) is 19.3 Å². The van der Waals surface area contributed by atoms with Gasteiger partial charge in [-0.3, -0.25) is 9.59 Å². The fraction of sp³-hybridized carbons (Fsp3) is 0.875. The van der Waals surface area contributed by atoms with E-state index in [1.165, 1.54) is 0 Å². The molecule has 0 aromatic rings. The van der Waals surface area contributed by atoms with Gasteiger partial charge in [0, 0.05) is 45.6 Å². The number of nitrogens with one attached hydrogen (secondary N) is 1. The lowest BCUT2D eigenvalue weighted by molar-refractivity contribution is -0.132.